The number of hydrogen-bond acceptors (Lipinski definition) is 4. The van der Waals surface area contributed by atoms with Gasteiger partial charge in [0.2, 0.25) is 0 Å². The third-order valence-electron chi connectivity index (χ3n) is 3.58. The molecule has 0 amide bonds. The first-order valence-corrected chi connectivity index (χ1v) is 7.05. The SMILES string of the molecule is COc1ccc2ccnc(NC(CCN)C(C)C)c2c1. The summed E-state index contributed by atoms with van der Waals surface area (Å²) < 4.78 is 5.30. The number of nitrogens with zero attached hydrogens (tertiary/aromatic N) is 1. The van der Waals surface area contributed by atoms with Crippen molar-refractivity contribution in [2.24, 2.45) is 11.7 Å². The number of hydrogen-bond donors (Lipinski definition) is 2. The molecule has 1 unspecified atom stereocenters. The van der Waals surface area contributed by atoms with E-state index in [1.807, 2.05) is 30.5 Å². The number of rotatable bonds is 6. The molecule has 0 spiro atoms. The molecule has 1 aromatic carbocycles. The van der Waals surface area contributed by atoms with Crippen LogP contribution in [-0.4, -0.2) is 24.7 Å². The number of methoxy groups -OCH3 is 1. The maximum atomic E-state index is 5.70. The molecule has 1 heterocycles. The van der Waals surface area contributed by atoms with Crippen molar-refractivity contribution >= 4 is 16.6 Å². The molecule has 2 rings (SSSR count). The van der Waals surface area contributed by atoms with Crippen LogP contribution in [-0.2, 0) is 0 Å². The second-order valence-electron chi connectivity index (χ2n) is 5.32. The van der Waals surface area contributed by atoms with Gasteiger partial charge in [-0.2, -0.15) is 0 Å². The molecule has 108 valence electrons. The van der Waals surface area contributed by atoms with Crippen LogP contribution in [0.1, 0.15) is 20.3 Å². The number of pyridine rings is 1. The van der Waals surface area contributed by atoms with Gasteiger partial charge in [0.25, 0.3) is 0 Å². The number of benzene rings is 1. The second kappa shape index (κ2) is 6.57. The zero-order valence-electron chi connectivity index (χ0n) is 12.4. The minimum atomic E-state index is 0.323. The van der Waals surface area contributed by atoms with Gasteiger partial charge in [-0.3, -0.25) is 0 Å². The maximum absolute atomic E-state index is 5.70. The van der Waals surface area contributed by atoms with E-state index in [2.05, 4.69) is 24.1 Å². The molecular weight excluding hydrogens is 250 g/mol. The Morgan fingerprint density at radius 1 is 1.30 bits per heavy atom. The van der Waals surface area contributed by atoms with Crippen molar-refractivity contribution in [3.05, 3.63) is 30.5 Å². The molecule has 2 aromatic rings. The van der Waals surface area contributed by atoms with Gasteiger partial charge in [0, 0.05) is 17.6 Å². The molecule has 0 radical (unpaired) electrons. The molecule has 0 aliphatic rings. The fraction of sp³-hybridized carbons (Fsp3) is 0.438. The molecule has 1 aromatic heterocycles. The van der Waals surface area contributed by atoms with Gasteiger partial charge >= 0.3 is 0 Å². The van der Waals surface area contributed by atoms with Crippen LogP contribution in [0.2, 0.25) is 0 Å². The summed E-state index contributed by atoms with van der Waals surface area (Å²) in [4.78, 5) is 4.48. The van der Waals surface area contributed by atoms with Gasteiger partial charge in [-0.25, -0.2) is 4.98 Å². The van der Waals surface area contributed by atoms with Crippen LogP contribution in [0.3, 0.4) is 0 Å². The average Bonchev–Trinajstić information content (AvgIpc) is 2.46. The summed E-state index contributed by atoms with van der Waals surface area (Å²) >= 11 is 0. The van der Waals surface area contributed by atoms with E-state index in [0.717, 1.165) is 28.8 Å². The predicted molar refractivity (Wildman–Crippen MR) is 84.2 cm³/mol. The van der Waals surface area contributed by atoms with E-state index in [-0.39, 0.29) is 0 Å². The minimum Gasteiger partial charge on any atom is -0.497 e. The molecule has 4 heteroatoms. The van der Waals surface area contributed by atoms with Gasteiger partial charge in [0.15, 0.2) is 0 Å². The van der Waals surface area contributed by atoms with Gasteiger partial charge in [0.05, 0.1) is 7.11 Å². The molecule has 1 atom stereocenters. The average molecular weight is 273 g/mol. The number of nitrogens with one attached hydrogen (secondary N) is 1. The minimum absolute atomic E-state index is 0.323. The highest BCUT2D eigenvalue weighted by Gasteiger charge is 2.14. The van der Waals surface area contributed by atoms with Crippen molar-refractivity contribution in [2.45, 2.75) is 26.3 Å². The standard InChI is InChI=1S/C16H23N3O/c1-11(2)15(6-8-17)19-16-14-10-13(20-3)5-4-12(14)7-9-18-16/h4-5,7,9-11,15H,6,8,17H2,1-3H3,(H,18,19). The van der Waals surface area contributed by atoms with Crippen molar-refractivity contribution in [1.29, 1.82) is 0 Å². The quantitative estimate of drug-likeness (QED) is 0.849. The first-order valence-electron chi connectivity index (χ1n) is 7.05. The third-order valence-corrected chi connectivity index (χ3v) is 3.58. The van der Waals surface area contributed by atoms with Crippen molar-refractivity contribution < 1.29 is 4.74 Å². The second-order valence-corrected chi connectivity index (χ2v) is 5.32. The van der Waals surface area contributed by atoms with Crippen molar-refractivity contribution in [3.63, 3.8) is 0 Å². The van der Waals surface area contributed by atoms with Crippen molar-refractivity contribution in [3.8, 4) is 5.75 Å². The van der Waals surface area contributed by atoms with Gasteiger partial charge in [-0.1, -0.05) is 19.9 Å². The molecule has 0 bridgehead atoms. The lowest BCUT2D eigenvalue weighted by atomic mass is 10.0. The molecule has 20 heavy (non-hydrogen) atoms. The Morgan fingerprint density at radius 2 is 2.10 bits per heavy atom. The summed E-state index contributed by atoms with van der Waals surface area (Å²) in [5.41, 5.74) is 5.70. The van der Waals surface area contributed by atoms with Gasteiger partial charge in [-0.05, 0) is 42.5 Å². The van der Waals surface area contributed by atoms with Crippen LogP contribution in [0.5, 0.6) is 5.75 Å². The predicted octanol–water partition coefficient (Wildman–Crippen LogP) is 3.03. The molecular formula is C16H23N3O. The lowest BCUT2D eigenvalue weighted by Crippen LogP contribution is -2.28. The first kappa shape index (κ1) is 14.6. The number of nitrogens with two attached hydrogens (primary N) is 1. The Kier molecular flexibility index (Phi) is 4.79. The summed E-state index contributed by atoms with van der Waals surface area (Å²) in [6.45, 7) is 5.06. The van der Waals surface area contributed by atoms with Gasteiger partial charge in [0.1, 0.15) is 11.6 Å². The maximum Gasteiger partial charge on any atom is 0.134 e. The highest BCUT2D eigenvalue weighted by molar-refractivity contribution is 5.92. The summed E-state index contributed by atoms with van der Waals surface area (Å²) in [6, 6.07) is 8.36. The van der Waals surface area contributed by atoms with Crippen LogP contribution in [0.25, 0.3) is 10.8 Å². The third kappa shape index (κ3) is 3.20. The highest BCUT2D eigenvalue weighted by Crippen LogP contribution is 2.27. The zero-order valence-corrected chi connectivity index (χ0v) is 12.4. The van der Waals surface area contributed by atoms with E-state index >= 15 is 0 Å². The molecule has 3 N–H and O–H groups in total. The molecule has 4 nitrogen and oxygen atoms in total. The van der Waals surface area contributed by atoms with Crippen LogP contribution < -0.4 is 15.8 Å². The normalized spacial score (nSPS) is 12.7. The van der Waals surface area contributed by atoms with E-state index in [9.17, 15) is 0 Å². The lowest BCUT2D eigenvalue weighted by molar-refractivity contribution is 0.415. The van der Waals surface area contributed by atoms with E-state index in [1.165, 1.54) is 0 Å². The molecule has 0 aliphatic carbocycles. The Bertz CT molecular complexity index is 569. The molecule has 0 saturated carbocycles. The van der Waals surface area contributed by atoms with Crippen molar-refractivity contribution in [2.75, 3.05) is 19.0 Å². The van der Waals surface area contributed by atoms with E-state index < -0.39 is 0 Å². The summed E-state index contributed by atoms with van der Waals surface area (Å²) in [5, 5.41) is 5.76. The Balaban J connectivity index is 2.37. The van der Waals surface area contributed by atoms with Crippen LogP contribution in [0.4, 0.5) is 5.82 Å². The first-order chi connectivity index (χ1) is 9.65. The number of ether oxygens (including phenoxy) is 1. The monoisotopic (exact) mass is 273 g/mol. The van der Waals surface area contributed by atoms with Crippen LogP contribution in [0.15, 0.2) is 30.5 Å². The fourth-order valence-electron chi connectivity index (χ4n) is 2.32. The van der Waals surface area contributed by atoms with E-state index in [0.29, 0.717) is 18.5 Å². The summed E-state index contributed by atoms with van der Waals surface area (Å²) in [5.74, 6) is 2.24. The number of aromatic nitrogens is 1. The lowest BCUT2D eigenvalue weighted by Gasteiger charge is -2.23. The molecule has 0 saturated heterocycles. The summed E-state index contributed by atoms with van der Waals surface area (Å²) in [7, 11) is 1.68. The summed E-state index contributed by atoms with van der Waals surface area (Å²) in [6.07, 6.45) is 2.76. The number of anilines is 1. The zero-order chi connectivity index (χ0) is 14.5. The Labute approximate surface area is 120 Å². The van der Waals surface area contributed by atoms with E-state index in [4.69, 9.17) is 10.5 Å². The largest absolute Gasteiger partial charge is 0.497 e. The van der Waals surface area contributed by atoms with Crippen molar-refractivity contribution in [1.82, 2.24) is 4.98 Å². The Morgan fingerprint density at radius 3 is 2.75 bits per heavy atom. The van der Waals surface area contributed by atoms with Gasteiger partial charge < -0.3 is 15.8 Å². The van der Waals surface area contributed by atoms with Crippen LogP contribution >= 0.6 is 0 Å². The Hall–Kier alpha value is -1.81. The topological polar surface area (TPSA) is 60.2 Å². The number of fused-ring (bicyclic) bond motifs is 1. The highest BCUT2D eigenvalue weighted by atomic mass is 16.5. The van der Waals surface area contributed by atoms with Gasteiger partial charge in [-0.15, -0.1) is 0 Å². The van der Waals surface area contributed by atoms with Crippen LogP contribution in [0, 0.1) is 5.92 Å². The van der Waals surface area contributed by atoms with E-state index in [1.54, 1.807) is 7.11 Å². The molecule has 0 aliphatic heterocycles. The smallest absolute Gasteiger partial charge is 0.134 e. The molecule has 0 fully saturated rings. The fourth-order valence-corrected chi connectivity index (χ4v) is 2.32.